The van der Waals surface area contributed by atoms with Gasteiger partial charge >= 0.3 is 26.8 Å². The summed E-state index contributed by atoms with van der Waals surface area (Å²) in [4.78, 5) is 0. The third-order valence-electron chi connectivity index (χ3n) is 0. The van der Waals surface area contributed by atoms with E-state index in [0.29, 0.717) is 0 Å². The molecule has 0 aromatic heterocycles. The van der Waals surface area contributed by atoms with Crippen LogP contribution in [-0.4, -0.2) is 17.9 Å². The Labute approximate surface area is 56.0 Å². The van der Waals surface area contributed by atoms with Crippen LogP contribution in [0.15, 0.2) is 0 Å². The molecule has 0 bridgehead atoms. The molecule has 0 heterocycles. The van der Waals surface area contributed by atoms with Crippen LogP contribution in [-0.2, 0) is 0 Å². The van der Waals surface area contributed by atoms with E-state index in [2.05, 4.69) is 0 Å². The molecule has 3 heteroatoms. The van der Waals surface area contributed by atoms with Crippen molar-refractivity contribution in [1.82, 2.24) is 0 Å². The summed E-state index contributed by atoms with van der Waals surface area (Å²) in [5, 5.41) is 0. The SMILES string of the molecule is C.C.CC.[NH2][GaH][NH2]. The molecule has 0 saturated heterocycles. The van der Waals surface area contributed by atoms with Crippen LogP contribution in [0.4, 0.5) is 0 Å². The Balaban J connectivity index is -0.0000000105. The Morgan fingerprint density at radius 3 is 1.00 bits per heavy atom. The zero-order chi connectivity index (χ0) is 4.71. The molecule has 0 aromatic rings. The summed E-state index contributed by atoms with van der Waals surface area (Å²) < 4.78 is 9.62. The van der Waals surface area contributed by atoms with Gasteiger partial charge in [-0.25, -0.2) is 0 Å². The monoisotopic (exact) mass is 164 g/mol. The van der Waals surface area contributed by atoms with Gasteiger partial charge in [-0.15, -0.1) is 0 Å². The summed E-state index contributed by atoms with van der Waals surface area (Å²) in [6, 6.07) is 0. The van der Waals surface area contributed by atoms with Gasteiger partial charge in [0.25, 0.3) is 0 Å². The second-order valence-corrected chi connectivity index (χ2v) is 1.22. The van der Waals surface area contributed by atoms with Gasteiger partial charge in [0.1, 0.15) is 0 Å². The average Bonchev–Trinajstić information content (AvgIpc) is 1.46. The fourth-order valence-electron chi connectivity index (χ4n) is 0. The molecule has 0 rings (SSSR count). The summed E-state index contributed by atoms with van der Waals surface area (Å²) in [6.07, 6.45) is 0. The van der Waals surface area contributed by atoms with E-state index in [1.807, 2.05) is 13.8 Å². The molecule has 0 atom stereocenters. The summed E-state index contributed by atoms with van der Waals surface area (Å²) in [6.45, 7) is 4.00. The van der Waals surface area contributed by atoms with Crippen molar-refractivity contribution in [2.75, 3.05) is 0 Å². The molecule has 0 aliphatic rings. The Hall–Kier alpha value is 0.556. The first-order valence-corrected chi connectivity index (χ1v) is 5.24. The number of rotatable bonds is 0. The van der Waals surface area contributed by atoms with E-state index in [4.69, 9.17) is 8.88 Å². The quantitative estimate of drug-likeness (QED) is 0.512. The fraction of sp³-hybridized carbons (Fsp3) is 1.00. The van der Waals surface area contributed by atoms with Gasteiger partial charge in [0, 0.05) is 0 Å². The summed E-state index contributed by atoms with van der Waals surface area (Å²) in [5.41, 5.74) is 0. The normalized spacial score (nSPS) is 2.86. The first-order chi connectivity index (χ1) is 2.41. The minimum atomic E-state index is -0.875. The van der Waals surface area contributed by atoms with Gasteiger partial charge in [-0.05, 0) is 0 Å². The van der Waals surface area contributed by atoms with E-state index >= 15 is 0 Å². The topological polar surface area (TPSA) is 52.0 Å². The summed E-state index contributed by atoms with van der Waals surface area (Å²) >= 11 is -0.875. The molecule has 7 heavy (non-hydrogen) atoms. The maximum absolute atomic E-state index is 4.81. The van der Waals surface area contributed by atoms with E-state index in [-0.39, 0.29) is 14.9 Å². The second kappa shape index (κ2) is 83.6. The third-order valence-corrected chi connectivity index (χ3v) is 0. The summed E-state index contributed by atoms with van der Waals surface area (Å²) in [7, 11) is 0. The molecule has 0 spiro atoms. The van der Waals surface area contributed by atoms with Crippen molar-refractivity contribution < 1.29 is 0 Å². The van der Waals surface area contributed by atoms with Crippen molar-refractivity contribution >= 4 is 17.9 Å². The van der Waals surface area contributed by atoms with Crippen molar-refractivity contribution in [3.05, 3.63) is 0 Å². The zero-order valence-corrected chi connectivity index (χ0v) is 6.83. The van der Waals surface area contributed by atoms with Gasteiger partial charge in [-0.1, -0.05) is 28.7 Å². The van der Waals surface area contributed by atoms with E-state index in [1.54, 1.807) is 0 Å². The van der Waals surface area contributed by atoms with Crippen molar-refractivity contribution in [3.63, 3.8) is 0 Å². The van der Waals surface area contributed by atoms with Gasteiger partial charge in [0.15, 0.2) is 0 Å². The van der Waals surface area contributed by atoms with Gasteiger partial charge in [-0.2, -0.15) is 0 Å². The van der Waals surface area contributed by atoms with Crippen LogP contribution in [0.25, 0.3) is 0 Å². The Morgan fingerprint density at radius 1 is 1.00 bits per heavy atom. The first-order valence-electron chi connectivity index (χ1n) is 1.82. The van der Waals surface area contributed by atoms with E-state index < -0.39 is 17.9 Å². The third kappa shape index (κ3) is 440. The molecular weight excluding hydrogens is 146 g/mol. The Morgan fingerprint density at radius 2 is 1.00 bits per heavy atom. The van der Waals surface area contributed by atoms with Gasteiger partial charge in [-0.3, -0.25) is 0 Å². The van der Waals surface area contributed by atoms with Crippen molar-refractivity contribution in [2.24, 2.45) is 8.88 Å². The average molecular weight is 165 g/mol. The van der Waals surface area contributed by atoms with Crippen molar-refractivity contribution in [2.45, 2.75) is 28.7 Å². The molecule has 0 saturated carbocycles. The van der Waals surface area contributed by atoms with Crippen LogP contribution < -0.4 is 8.88 Å². The van der Waals surface area contributed by atoms with Crippen molar-refractivity contribution in [3.8, 4) is 0 Å². The molecule has 0 amide bonds. The first kappa shape index (κ1) is 25.7. The standard InChI is InChI=1S/C2H6.2CH4.Ga.2H2N.H/c1-2;;;;;;/h1-2H3;2*1H4;;2*1H2;/q;;;+2;2*-1;. The molecular formula is C4H19GaN2. The minimum absolute atomic E-state index is 0. The molecule has 2 nitrogen and oxygen atoms in total. The van der Waals surface area contributed by atoms with Crippen molar-refractivity contribution in [1.29, 1.82) is 0 Å². The van der Waals surface area contributed by atoms with E-state index in [9.17, 15) is 0 Å². The molecule has 0 aromatic carbocycles. The number of hydrogen-bond donors (Lipinski definition) is 2. The molecule has 0 aliphatic carbocycles. The van der Waals surface area contributed by atoms with Gasteiger partial charge < -0.3 is 0 Å². The van der Waals surface area contributed by atoms with Crippen LogP contribution in [0.1, 0.15) is 28.7 Å². The summed E-state index contributed by atoms with van der Waals surface area (Å²) in [5.74, 6) is 0. The van der Waals surface area contributed by atoms with E-state index in [1.165, 1.54) is 0 Å². The van der Waals surface area contributed by atoms with Crippen LogP contribution in [0.2, 0.25) is 0 Å². The number of hydrogen-bond acceptors (Lipinski definition) is 2. The molecule has 0 fully saturated rings. The Kier molecular flexibility index (Phi) is 307. The zero-order valence-electron chi connectivity index (χ0n) is 3.86. The molecule has 0 unspecified atom stereocenters. The van der Waals surface area contributed by atoms with E-state index in [0.717, 1.165) is 0 Å². The van der Waals surface area contributed by atoms with Crippen LogP contribution in [0.3, 0.4) is 0 Å². The second-order valence-electron chi connectivity index (χ2n) is 0.236. The molecule has 0 radical (unpaired) electrons. The Bertz CT molecular complexity index is 9.65. The molecule has 48 valence electrons. The van der Waals surface area contributed by atoms with Crippen LogP contribution >= 0.6 is 0 Å². The van der Waals surface area contributed by atoms with Crippen LogP contribution in [0, 0.1) is 0 Å². The molecule has 0 aliphatic heterocycles. The van der Waals surface area contributed by atoms with Gasteiger partial charge in [0.05, 0.1) is 0 Å². The van der Waals surface area contributed by atoms with Gasteiger partial charge in [0.2, 0.25) is 0 Å². The predicted molar refractivity (Wildman–Crippen MR) is 40.3 cm³/mol. The fourth-order valence-corrected chi connectivity index (χ4v) is 0. The number of nitrogens with two attached hydrogens (primary N) is 2. The molecule has 4 N–H and O–H groups in total. The maximum atomic E-state index is 4.81. The van der Waals surface area contributed by atoms with Crippen LogP contribution in [0.5, 0.6) is 0 Å². The predicted octanol–water partition coefficient (Wildman–Crippen LogP) is 0.469.